The van der Waals surface area contributed by atoms with E-state index in [1.54, 1.807) is 0 Å². The molecule has 5 nitrogen and oxygen atoms in total. The third-order valence-corrected chi connectivity index (χ3v) is 9.78. The van der Waals surface area contributed by atoms with Crippen molar-refractivity contribution in [3.63, 3.8) is 0 Å². The van der Waals surface area contributed by atoms with Crippen LogP contribution >= 0.6 is 0 Å². The molecule has 4 atom stereocenters. The zero-order valence-electron chi connectivity index (χ0n) is 20.6. The summed E-state index contributed by atoms with van der Waals surface area (Å²) in [5.41, 5.74) is 7.27. The van der Waals surface area contributed by atoms with Crippen LogP contribution in [-0.4, -0.2) is 46.7 Å². The number of phenols is 1. The van der Waals surface area contributed by atoms with Gasteiger partial charge in [-0.25, -0.2) is 0 Å². The van der Waals surface area contributed by atoms with Crippen molar-refractivity contribution >= 4 is 10.9 Å². The number of hydrogen-bond donors (Lipinski definition) is 3. The van der Waals surface area contributed by atoms with Gasteiger partial charge in [0.2, 0.25) is 0 Å². The molecule has 3 aromatic carbocycles. The molecular formula is C31H31N3O2. The van der Waals surface area contributed by atoms with E-state index in [-0.39, 0.29) is 22.8 Å². The third-order valence-electron chi connectivity index (χ3n) is 9.78. The van der Waals surface area contributed by atoms with Gasteiger partial charge < -0.3 is 25.0 Å². The van der Waals surface area contributed by atoms with Crippen molar-refractivity contribution in [2.24, 2.45) is 0 Å². The Balaban J connectivity index is 1.36. The van der Waals surface area contributed by atoms with Gasteiger partial charge in [-0.2, -0.15) is 0 Å². The maximum absolute atomic E-state index is 11.0. The smallest absolute Gasteiger partial charge is 0.166 e. The van der Waals surface area contributed by atoms with E-state index in [2.05, 4.69) is 82.9 Å². The van der Waals surface area contributed by atoms with Gasteiger partial charge in [-0.05, 0) is 74.6 Å². The van der Waals surface area contributed by atoms with Crippen molar-refractivity contribution in [2.45, 2.75) is 48.8 Å². The van der Waals surface area contributed by atoms with Crippen LogP contribution in [0.1, 0.15) is 40.5 Å². The van der Waals surface area contributed by atoms with Crippen molar-refractivity contribution in [3.05, 3.63) is 94.7 Å². The number of piperidine rings is 1. The zero-order valence-corrected chi connectivity index (χ0v) is 20.6. The van der Waals surface area contributed by atoms with E-state index in [1.807, 2.05) is 6.07 Å². The number of para-hydroxylation sites is 1. The van der Waals surface area contributed by atoms with Crippen LogP contribution in [0, 0.1) is 0 Å². The highest BCUT2D eigenvalue weighted by Gasteiger charge is 2.72. The number of hydrogen-bond acceptors (Lipinski definition) is 4. The lowest BCUT2D eigenvalue weighted by Gasteiger charge is -2.65. The van der Waals surface area contributed by atoms with E-state index in [1.165, 1.54) is 38.9 Å². The molecule has 2 aliphatic carbocycles. The summed E-state index contributed by atoms with van der Waals surface area (Å²) < 4.78 is 6.85. The Morgan fingerprint density at radius 1 is 1.08 bits per heavy atom. The van der Waals surface area contributed by atoms with Crippen molar-refractivity contribution in [1.29, 1.82) is 0 Å². The molecule has 0 unspecified atom stereocenters. The average molecular weight is 478 g/mol. The van der Waals surface area contributed by atoms with E-state index in [9.17, 15) is 5.11 Å². The van der Waals surface area contributed by atoms with E-state index in [4.69, 9.17) is 4.74 Å². The molecule has 1 fully saturated rings. The number of likely N-dealkylation sites (tertiary alicyclic amines) is 1. The maximum Gasteiger partial charge on any atom is 0.166 e. The van der Waals surface area contributed by atoms with Crippen LogP contribution in [0.4, 0.5) is 0 Å². The number of aromatic hydroxyl groups is 1. The van der Waals surface area contributed by atoms with E-state index >= 15 is 0 Å². The second-order valence-electron chi connectivity index (χ2n) is 11.2. The number of rotatable bonds is 4. The Morgan fingerprint density at radius 2 is 1.92 bits per heavy atom. The van der Waals surface area contributed by atoms with Gasteiger partial charge in [0.25, 0.3) is 0 Å². The standard InChI is InChI=1S/C31H31N3O2/c1-34-16-14-30-26-20-11-12-24(35)28(26)36-29(30)27-22(21-9-5-6-10-23(21)33-27)18-31(30,25(34)17-20)32-15-13-19-7-3-2-4-8-19/h2-12,25,29,32-33,35H,13-18H2,1H3/t25-,29+,30+,31-/m1/s1. The second kappa shape index (κ2) is 7.15. The lowest BCUT2D eigenvalue weighted by atomic mass is 9.47. The fourth-order valence-corrected chi connectivity index (χ4v) is 8.30. The normalized spacial score (nSPS) is 29.6. The van der Waals surface area contributed by atoms with E-state index in [0.29, 0.717) is 11.8 Å². The van der Waals surface area contributed by atoms with Crippen LogP contribution in [0.15, 0.2) is 66.7 Å². The van der Waals surface area contributed by atoms with Gasteiger partial charge >= 0.3 is 0 Å². The number of likely N-dealkylation sites (N-methyl/N-ethyl adjacent to an activating group) is 1. The van der Waals surface area contributed by atoms with E-state index in [0.717, 1.165) is 38.8 Å². The number of nitrogens with zero attached hydrogens (tertiary/aromatic N) is 1. The number of benzene rings is 3. The minimum absolute atomic E-state index is 0.142. The van der Waals surface area contributed by atoms with Crippen molar-refractivity contribution in [3.8, 4) is 11.5 Å². The van der Waals surface area contributed by atoms with Gasteiger partial charge in [-0.1, -0.05) is 54.6 Å². The lowest BCUT2D eigenvalue weighted by molar-refractivity contribution is -0.0650. The number of aromatic amines is 1. The molecule has 1 aromatic heterocycles. The van der Waals surface area contributed by atoms with Gasteiger partial charge in [0, 0.05) is 22.5 Å². The average Bonchev–Trinajstić information content (AvgIpc) is 3.44. The minimum Gasteiger partial charge on any atom is -0.504 e. The second-order valence-corrected chi connectivity index (χ2v) is 11.2. The SMILES string of the molecule is CN1CC[C@]23c4c5ccc(O)c4O[C@H]2c2[nH]c4ccccc4c2C[C@@]3(NCCc2ccccc2)[C@H]1C5. The molecule has 5 heteroatoms. The molecule has 8 rings (SSSR count). The molecule has 3 N–H and O–H groups in total. The molecule has 2 bridgehead atoms. The first-order valence-electron chi connectivity index (χ1n) is 13.2. The topological polar surface area (TPSA) is 60.5 Å². The first-order chi connectivity index (χ1) is 17.6. The highest BCUT2D eigenvalue weighted by atomic mass is 16.5. The first-order valence-corrected chi connectivity index (χ1v) is 13.2. The number of ether oxygens (including phenoxy) is 1. The highest BCUT2D eigenvalue weighted by Crippen LogP contribution is 2.68. The quantitative estimate of drug-likeness (QED) is 0.401. The summed E-state index contributed by atoms with van der Waals surface area (Å²) in [6.07, 6.45) is 3.76. The summed E-state index contributed by atoms with van der Waals surface area (Å²) in [7, 11) is 2.29. The summed E-state index contributed by atoms with van der Waals surface area (Å²) in [4.78, 5) is 6.34. The van der Waals surface area contributed by atoms with Gasteiger partial charge in [-0.15, -0.1) is 0 Å². The summed E-state index contributed by atoms with van der Waals surface area (Å²) in [5.74, 6) is 0.979. The van der Waals surface area contributed by atoms with Crippen LogP contribution in [-0.2, 0) is 24.7 Å². The van der Waals surface area contributed by atoms with Crippen LogP contribution in [0.2, 0.25) is 0 Å². The number of fused-ring (bicyclic) bond motifs is 4. The Hall–Kier alpha value is -3.28. The first kappa shape index (κ1) is 20.9. The van der Waals surface area contributed by atoms with Gasteiger partial charge in [0.15, 0.2) is 17.6 Å². The Morgan fingerprint density at radius 3 is 2.81 bits per heavy atom. The van der Waals surface area contributed by atoms with E-state index < -0.39 is 0 Å². The summed E-state index contributed by atoms with van der Waals surface area (Å²) in [6, 6.07) is 23.7. The van der Waals surface area contributed by atoms with Gasteiger partial charge in [0.1, 0.15) is 0 Å². The molecule has 1 spiro atoms. The zero-order chi connectivity index (χ0) is 24.1. The summed E-state index contributed by atoms with van der Waals surface area (Å²) in [6.45, 7) is 1.93. The van der Waals surface area contributed by atoms with Crippen molar-refractivity contribution < 1.29 is 9.84 Å². The number of nitrogens with one attached hydrogen (secondary N) is 2. The molecular weight excluding hydrogens is 446 g/mol. The van der Waals surface area contributed by atoms with Gasteiger partial charge in [-0.3, -0.25) is 0 Å². The fraction of sp³-hybridized carbons (Fsp3) is 0.355. The molecule has 4 aliphatic rings. The molecule has 0 radical (unpaired) electrons. The summed E-state index contributed by atoms with van der Waals surface area (Å²) in [5, 5.41) is 16.5. The fourth-order valence-electron chi connectivity index (χ4n) is 8.30. The van der Waals surface area contributed by atoms with Crippen molar-refractivity contribution in [2.75, 3.05) is 20.1 Å². The monoisotopic (exact) mass is 477 g/mol. The molecule has 0 amide bonds. The predicted molar refractivity (Wildman–Crippen MR) is 141 cm³/mol. The predicted octanol–water partition coefficient (Wildman–Crippen LogP) is 4.63. The van der Waals surface area contributed by atoms with Crippen LogP contribution in [0.5, 0.6) is 11.5 Å². The molecule has 36 heavy (non-hydrogen) atoms. The molecule has 3 heterocycles. The van der Waals surface area contributed by atoms with Crippen LogP contribution in [0.3, 0.4) is 0 Å². The highest BCUT2D eigenvalue weighted by molar-refractivity contribution is 5.86. The number of aromatic nitrogens is 1. The molecule has 182 valence electrons. The maximum atomic E-state index is 11.0. The Labute approximate surface area is 211 Å². The third kappa shape index (κ3) is 2.43. The lowest BCUT2D eigenvalue weighted by Crippen LogP contribution is -2.79. The van der Waals surface area contributed by atoms with Crippen LogP contribution in [0.25, 0.3) is 10.9 Å². The Bertz CT molecular complexity index is 1510. The van der Waals surface area contributed by atoms with Crippen molar-refractivity contribution in [1.82, 2.24) is 15.2 Å². The summed E-state index contributed by atoms with van der Waals surface area (Å²) >= 11 is 0. The molecule has 0 saturated carbocycles. The van der Waals surface area contributed by atoms with Gasteiger partial charge in [0.05, 0.1) is 16.6 Å². The molecule has 1 saturated heterocycles. The minimum atomic E-state index is -0.226. The molecule has 2 aliphatic heterocycles. The number of H-pyrrole nitrogens is 1. The van der Waals surface area contributed by atoms with Crippen LogP contribution < -0.4 is 10.1 Å². The largest absolute Gasteiger partial charge is 0.504 e. The Kier molecular flexibility index (Phi) is 4.14. The number of phenolic OH excluding ortho intramolecular Hbond substituents is 1. The molecule has 4 aromatic rings.